The topological polar surface area (TPSA) is 128 Å². The van der Waals surface area contributed by atoms with E-state index in [-0.39, 0.29) is 18.1 Å². The molecule has 126 valence electrons. The Morgan fingerprint density at radius 1 is 1.36 bits per heavy atom. The zero-order chi connectivity index (χ0) is 17.8. The Bertz CT molecular complexity index is 979. The number of nitro groups is 1. The Hall–Kier alpha value is -3.75. The highest BCUT2D eigenvalue weighted by Crippen LogP contribution is 2.21. The van der Waals surface area contributed by atoms with E-state index < -0.39 is 10.8 Å². The zero-order valence-electron chi connectivity index (χ0n) is 13.0. The number of nitrogens with two attached hydrogens (primary N) is 1. The summed E-state index contributed by atoms with van der Waals surface area (Å²) in [7, 11) is 0. The fourth-order valence-corrected chi connectivity index (χ4v) is 2.47. The number of carbonyl (C=O) groups excluding carboxylic acids is 1. The molecule has 0 aliphatic carbocycles. The average molecular weight is 338 g/mol. The minimum absolute atomic E-state index is 0.0459. The number of hydrazone groups is 1. The number of nitrogens with zero attached hydrogens (tertiary/aromatic N) is 4. The molecule has 0 radical (unpaired) electrons. The Morgan fingerprint density at radius 2 is 2.16 bits per heavy atom. The predicted octanol–water partition coefficient (Wildman–Crippen LogP) is 1.88. The molecule has 3 N–H and O–H groups in total. The Labute approximate surface area is 141 Å². The van der Waals surface area contributed by atoms with Crippen LogP contribution >= 0.6 is 0 Å². The molecule has 1 amide bonds. The number of para-hydroxylation sites is 1. The fraction of sp³-hybridized carbons (Fsp3) is 0.0625. The van der Waals surface area contributed by atoms with Gasteiger partial charge in [0.25, 0.3) is 0 Å². The molecular weight excluding hydrogens is 324 g/mol. The van der Waals surface area contributed by atoms with E-state index in [1.54, 1.807) is 10.8 Å². The van der Waals surface area contributed by atoms with E-state index in [1.807, 2.05) is 24.3 Å². The summed E-state index contributed by atoms with van der Waals surface area (Å²) >= 11 is 0. The molecule has 0 bridgehead atoms. The molecule has 0 saturated heterocycles. The van der Waals surface area contributed by atoms with E-state index in [0.29, 0.717) is 0 Å². The van der Waals surface area contributed by atoms with Crippen LogP contribution in [-0.4, -0.2) is 26.6 Å². The van der Waals surface area contributed by atoms with Crippen LogP contribution in [-0.2, 0) is 11.3 Å². The van der Waals surface area contributed by atoms with Crippen molar-refractivity contribution in [2.75, 3.05) is 5.43 Å². The lowest BCUT2D eigenvalue weighted by Gasteiger charge is -2.00. The summed E-state index contributed by atoms with van der Waals surface area (Å²) in [4.78, 5) is 25.5. The second-order valence-corrected chi connectivity index (χ2v) is 5.19. The Kier molecular flexibility index (Phi) is 4.38. The lowest BCUT2D eigenvalue weighted by molar-refractivity contribution is -0.384. The van der Waals surface area contributed by atoms with Crippen molar-refractivity contribution in [2.45, 2.75) is 6.54 Å². The standard InChI is InChI=1S/C16H14N6O3/c17-15(23)10-21-9-11(12-4-1-2-5-13(12)21)8-19-20-16-14(22(24)25)6-3-7-18-16/h1-9H,10H2,(H2,17,23)(H,18,20)/b19-8-. The summed E-state index contributed by atoms with van der Waals surface area (Å²) < 4.78 is 1.72. The fourth-order valence-electron chi connectivity index (χ4n) is 2.47. The highest BCUT2D eigenvalue weighted by Gasteiger charge is 2.13. The highest BCUT2D eigenvalue weighted by atomic mass is 16.6. The van der Waals surface area contributed by atoms with Gasteiger partial charge in [-0.2, -0.15) is 5.10 Å². The number of rotatable bonds is 6. The lowest BCUT2D eigenvalue weighted by Crippen LogP contribution is -2.17. The molecule has 0 atom stereocenters. The van der Waals surface area contributed by atoms with Crippen molar-refractivity contribution in [3.8, 4) is 0 Å². The maximum absolute atomic E-state index is 11.2. The second kappa shape index (κ2) is 6.79. The molecule has 2 aromatic heterocycles. The van der Waals surface area contributed by atoms with Crippen LogP contribution in [0.2, 0.25) is 0 Å². The number of benzene rings is 1. The van der Waals surface area contributed by atoms with Crippen molar-refractivity contribution < 1.29 is 9.72 Å². The number of primary amides is 1. The van der Waals surface area contributed by atoms with E-state index in [4.69, 9.17) is 5.73 Å². The van der Waals surface area contributed by atoms with Crippen molar-refractivity contribution >= 4 is 34.5 Å². The molecule has 0 spiro atoms. The summed E-state index contributed by atoms with van der Waals surface area (Å²) in [6.45, 7) is 0.0491. The predicted molar refractivity (Wildman–Crippen MR) is 93.2 cm³/mol. The molecule has 3 rings (SSSR count). The van der Waals surface area contributed by atoms with Gasteiger partial charge in [-0.25, -0.2) is 4.98 Å². The molecule has 9 nitrogen and oxygen atoms in total. The van der Waals surface area contributed by atoms with Crippen molar-refractivity contribution in [3.63, 3.8) is 0 Å². The first kappa shape index (κ1) is 16.1. The van der Waals surface area contributed by atoms with Crippen molar-refractivity contribution in [1.29, 1.82) is 0 Å². The van der Waals surface area contributed by atoms with E-state index >= 15 is 0 Å². The van der Waals surface area contributed by atoms with Crippen LogP contribution in [0.3, 0.4) is 0 Å². The van der Waals surface area contributed by atoms with Gasteiger partial charge < -0.3 is 10.3 Å². The van der Waals surface area contributed by atoms with Gasteiger partial charge in [0.1, 0.15) is 6.54 Å². The molecule has 9 heteroatoms. The number of anilines is 1. The van der Waals surface area contributed by atoms with Gasteiger partial charge in [-0.3, -0.25) is 20.3 Å². The quantitative estimate of drug-likeness (QED) is 0.403. The van der Waals surface area contributed by atoms with Crippen LogP contribution in [0.1, 0.15) is 5.56 Å². The Balaban J connectivity index is 1.90. The van der Waals surface area contributed by atoms with E-state index in [1.165, 1.54) is 24.5 Å². The third-order valence-electron chi connectivity index (χ3n) is 3.50. The summed E-state index contributed by atoms with van der Waals surface area (Å²) in [6, 6.07) is 10.3. The molecule has 2 heterocycles. The van der Waals surface area contributed by atoms with Gasteiger partial charge in [0.05, 0.1) is 11.1 Å². The number of pyridine rings is 1. The van der Waals surface area contributed by atoms with Crippen molar-refractivity contribution in [3.05, 3.63) is 64.5 Å². The maximum atomic E-state index is 11.2. The van der Waals surface area contributed by atoms with Crippen molar-refractivity contribution in [1.82, 2.24) is 9.55 Å². The second-order valence-electron chi connectivity index (χ2n) is 5.19. The van der Waals surface area contributed by atoms with E-state index in [9.17, 15) is 14.9 Å². The van der Waals surface area contributed by atoms with Gasteiger partial charge in [-0.1, -0.05) is 18.2 Å². The van der Waals surface area contributed by atoms with Crippen LogP contribution in [0, 0.1) is 10.1 Å². The van der Waals surface area contributed by atoms with Gasteiger partial charge in [0, 0.05) is 34.9 Å². The first-order chi connectivity index (χ1) is 12.1. The monoisotopic (exact) mass is 338 g/mol. The number of fused-ring (bicyclic) bond motifs is 1. The molecule has 1 aromatic carbocycles. The molecule has 0 aliphatic rings. The van der Waals surface area contributed by atoms with Crippen LogP contribution in [0.5, 0.6) is 0 Å². The smallest absolute Gasteiger partial charge is 0.313 e. The summed E-state index contributed by atoms with van der Waals surface area (Å²) in [5, 5.41) is 15.9. The first-order valence-electron chi connectivity index (χ1n) is 7.31. The minimum atomic E-state index is -0.538. The van der Waals surface area contributed by atoms with Crippen molar-refractivity contribution in [2.24, 2.45) is 10.8 Å². The maximum Gasteiger partial charge on any atom is 0.313 e. The van der Waals surface area contributed by atoms with Gasteiger partial charge >= 0.3 is 5.69 Å². The van der Waals surface area contributed by atoms with Crippen LogP contribution in [0.4, 0.5) is 11.5 Å². The number of carbonyl (C=O) groups is 1. The highest BCUT2D eigenvalue weighted by molar-refractivity contribution is 6.00. The van der Waals surface area contributed by atoms with Gasteiger partial charge in [-0.15, -0.1) is 0 Å². The largest absolute Gasteiger partial charge is 0.368 e. The number of amides is 1. The molecule has 0 fully saturated rings. The van der Waals surface area contributed by atoms with Crippen LogP contribution in [0.15, 0.2) is 53.9 Å². The SMILES string of the molecule is NC(=O)Cn1cc(/C=N\Nc2ncccc2[N+](=O)[O-])c2ccccc21. The molecule has 0 saturated carbocycles. The minimum Gasteiger partial charge on any atom is -0.368 e. The van der Waals surface area contributed by atoms with Gasteiger partial charge in [-0.05, 0) is 12.1 Å². The van der Waals surface area contributed by atoms with Gasteiger partial charge in [0.2, 0.25) is 11.7 Å². The zero-order valence-corrected chi connectivity index (χ0v) is 13.0. The van der Waals surface area contributed by atoms with E-state index in [0.717, 1.165) is 16.5 Å². The summed E-state index contributed by atoms with van der Waals surface area (Å²) in [5.41, 5.74) is 9.25. The normalized spacial score (nSPS) is 11.0. The third kappa shape index (κ3) is 3.44. The molecule has 25 heavy (non-hydrogen) atoms. The first-order valence-corrected chi connectivity index (χ1v) is 7.31. The molecule has 0 aliphatic heterocycles. The lowest BCUT2D eigenvalue weighted by atomic mass is 10.2. The average Bonchev–Trinajstić information content (AvgIpc) is 2.93. The molecular formula is C16H14N6O3. The van der Waals surface area contributed by atoms with E-state index in [2.05, 4.69) is 15.5 Å². The number of hydrogen-bond donors (Lipinski definition) is 2. The molecule has 0 unspecified atom stereocenters. The number of hydrogen-bond acceptors (Lipinski definition) is 6. The number of nitrogens with one attached hydrogen (secondary N) is 1. The summed E-state index contributed by atoms with van der Waals surface area (Å²) in [6.07, 6.45) is 4.69. The van der Waals surface area contributed by atoms with Crippen LogP contribution in [0.25, 0.3) is 10.9 Å². The Morgan fingerprint density at radius 3 is 2.92 bits per heavy atom. The molecule has 3 aromatic rings. The summed E-state index contributed by atoms with van der Waals surface area (Å²) in [5.74, 6) is -0.406. The van der Waals surface area contributed by atoms with Gasteiger partial charge in [0.15, 0.2) is 0 Å². The third-order valence-corrected chi connectivity index (χ3v) is 3.50. The van der Waals surface area contributed by atoms with Crippen LogP contribution < -0.4 is 11.2 Å². The number of aromatic nitrogens is 2.